The normalized spacial score (nSPS) is 19.1. The molecule has 1 aromatic carbocycles. The molecule has 0 bridgehead atoms. The molecule has 29 heavy (non-hydrogen) atoms. The third-order valence-corrected chi connectivity index (χ3v) is 5.45. The highest BCUT2D eigenvalue weighted by atomic mass is 32.1. The third-order valence-electron chi connectivity index (χ3n) is 5.11. The van der Waals surface area contributed by atoms with Gasteiger partial charge in [-0.3, -0.25) is 4.79 Å². The number of esters is 1. The van der Waals surface area contributed by atoms with Crippen LogP contribution >= 0.6 is 12.2 Å². The summed E-state index contributed by atoms with van der Waals surface area (Å²) >= 11 is 5.50. The molecule has 0 radical (unpaired) electrons. The maximum absolute atomic E-state index is 12.8. The van der Waals surface area contributed by atoms with Crippen LogP contribution in [0.2, 0.25) is 0 Å². The molecule has 2 aliphatic rings. The smallest absolute Gasteiger partial charge is 0.338 e. The van der Waals surface area contributed by atoms with E-state index in [0.29, 0.717) is 23.8 Å². The molecule has 0 saturated heterocycles. The monoisotopic (exact) mass is 417 g/mol. The Labute approximate surface area is 176 Å². The van der Waals surface area contributed by atoms with E-state index >= 15 is 0 Å². The molecule has 0 aromatic heterocycles. The van der Waals surface area contributed by atoms with Crippen LogP contribution in [-0.2, 0) is 19.1 Å². The largest absolute Gasteiger partial charge is 0.460 e. The van der Waals surface area contributed by atoms with E-state index in [0.717, 1.165) is 29.8 Å². The first-order chi connectivity index (χ1) is 14.0. The van der Waals surface area contributed by atoms with Gasteiger partial charge in [-0.1, -0.05) is 12.1 Å². The lowest BCUT2D eigenvalue weighted by molar-refractivity contribution is -0.140. The third kappa shape index (κ3) is 4.94. The first-order valence-electron chi connectivity index (χ1n) is 9.82. The number of ether oxygens (including phenoxy) is 2. The van der Waals surface area contributed by atoms with Crippen LogP contribution in [0.4, 0.5) is 5.69 Å². The standard InChI is InChI=1S/C21H27N3O4S/c1-4-24-13(2)17(20(26)28-12-11-27-3)18(23-21(24)29)14-7-9-16(10-8-14)22-19(25)15-5-6-15/h7-10,15,18H,4-6,11-12H2,1-3H3,(H,22,25)(H,23,29)/t18-/m0/s1. The van der Waals surface area contributed by atoms with Crippen molar-refractivity contribution in [2.75, 3.05) is 32.2 Å². The second kappa shape index (κ2) is 9.37. The predicted octanol–water partition coefficient (Wildman–Crippen LogP) is 2.75. The Balaban J connectivity index is 1.84. The zero-order chi connectivity index (χ0) is 21.0. The molecule has 1 aliphatic heterocycles. The fraction of sp³-hybridized carbons (Fsp3) is 0.476. The maximum atomic E-state index is 12.8. The fourth-order valence-electron chi connectivity index (χ4n) is 3.32. The summed E-state index contributed by atoms with van der Waals surface area (Å²) < 4.78 is 10.4. The van der Waals surface area contributed by atoms with Crippen LogP contribution < -0.4 is 10.6 Å². The minimum absolute atomic E-state index is 0.0615. The SMILES string of the molecule is CCN1C(=S)N[C@@H](c2ccc(NC(=O)C3CC3)cc2)C(C(=O)OCCOC)=C1C. The Morgan fingerprint density at radius 2 is 1.93 bits per heavy atom. The van der Waals surface area contributed by atoms with Crippen molar-refractivity contribution in [3.05, 3.63) is 41.1 Å². The Kier molecular flexibility index (Phi) is 6.87. The molecule has 2 N–H and O–H groups in total. The number of benzene rings is 1. The summed E-state index contributed by atoms with van der Waals surface area (Å²) in [5.74, 6) is -0.193. The van der Waals surface area contributed by atoms with E-state index in [1.54, 1.807) is 7.11 Å². The van der Waals surface area contributed by atoms with Crippen molar-refractivity contribution in [3.63, 3.8) is 0 Å². The van der Waals surface area contributed by atoms with E-state index in [-0.39, 0.29) is 18.4 Å². The van der Waals surface area contributed by atoms with Gasteiger partial charge in [0, 0.05) is 31.0 Å². The first-order valence-corrected chi connectivity index (χ1v) is 10.2. The van der Waals surface area contributed by atoms with Crippen LogP contribution in [0.25, 0.3) is 0 Å². The van der Waals surface area contributed by atoms with Crippen LogP contribution in [-0.4, -0.2) is 48.8 Å². The van der Waals surface area contributed by atoms with Crippen LogP contribution in [0, 0.1) is 5.92 Å². The van der Waals surface area contributed by atoms with Crippen molar-refractivity contribution in [2.24, 2.45) is 5.92 Å². The first kappa shape index (κ1) is 21.3. The van der Waals surface area contributed by atoms with Gasteiger partial charge in [-0.25, -0.2) is 4.79 Å². The van der Waals surface area contributed by atoms with E-state index in [4.69, 9.17) is 21.7 Å². The molecule has 3 rings (SSSR count). The molecule has 1 amide bonds. The number of methoxy groups -OCH3 is 1. The Hall–Kier alpha value is -2.45. The highest BCUT2D eigenvalue weighted by molar-refractivity contribution is 7.80. The molecule has 1 heterocycles. The van der Waals surface area contributed by atoms with E-state index in [1.165, 1.54) is 0 Å². The molecule has 0 unspecified atom stereocenters. The molecule has 156 valence electrons. The maximum Gasteiger partial charge on any atom is 0.338 e. The van der Waals surface area contributed by atoms with Gasteiger partial charge in [0.25, 0.3) is 0 Å². The molecule has 1 saturated carbocycles. The number of anilines is 1. The van der Waals surface area contributed by atoms with Gasteiger partial charge in [0.15, 0.2) is 5.11 Å². The van der Waals surface area contributed by atoms with Gasteiger partial charge in [-0.05, 0) is 56.6 Å². The lowest BCUT2D eigenvalue weighted by Crippen LogP contribution is -2.47. The molecule has 1 fully saturated rings. The second-order valence-corrected chi connectivity index (χ2v) is 7.53. The molecule has 0 spiro atoms. The van der Waals surface area contributed by atoms with E-state index in [1.807, 2.05) is 43.0 Å². The summed E-state index contributed by atoms with van der Waals surface area (Å²) in [6.45, 7) is 5.01. The van der Waals surface area contributed by atoms with Crippen molar-refractivity contribution in [2.45, 2.75) is 32.7 Å². The van der Waals surface area contributed by atoms with Crippen LogP contribution in [0.3, 0.4) is 0 Å². The van der Waals surface area contributed by atoms with E-state index in [9.17, 15) is 9.59 Å². The Morgan fingerprint density at radius 3 is 2.52 bits per heavy atom. The van der Waals surface area contributed by atoms with Crippen molar-refractivity contribution in [1.29, 1.82) is 0 Å². The minimum atomic E-state index is -0.423. The average Bonchev–Trinajstić information content (AvgIpc) is 3.54. The number of amides is 1. The van der Waals surface area contributed by atoms with Crippen LogP contribution in [0.15, 0.2) is 35.5 Å². The second-order valence-electron chi connectivity index (χ2n) is 7.14. The molecular weight excluding hydrogens is 390 g/mol. The van der Waals surface area contributed by atoms with Crippen LogP contribution in [0.1, 0.15) is 38.3 Å². The van der Waals surface area contributed by atoms with Crippen molar-refractivity contribution < 1.29 is 19.1 Å². The van der Waals surface area contributed by atoms with Gasteiger partial charge >= 0.3 is 5.97 Å². The number of nitrogens with one attached hydrogen (secondary N) is 2. The quantitative estimate of drug-likeness (QED) is 0.382. The highest BCUT2D eigenvalue weighted by Gasteiger charge is 2.34. The highest BCUT2D eigenvalue weighted by Crippen LogP contribution is 2.33. The number of hydrogen-bond acceptors (Lipinski definition) is 5. The number of carbonyl (C=O) groups is 2. The number of nitrogens with zero attached hydrogens (tertiary/aromatic N) is 1. The van der Waals surface area contributed by atoms with E-state index in [2.05, 4.69) is 10.6 Å². The van der Waals surface area contributed by atoms with Crippen molar-refractivity contribution in [3.8, 4) is 0 Å². The van der Waals surface area contributed by atoms with Gasteiger partial charge in [0.2, 0.25) is 5.91 Å². The number of hydrogen-bond donors (Lipinski definition) is 2. The molecular formula is C21H27N3O4S. The molecule has 1 atom stereocenters. The average molecular weight is 418 g/mol. The number of thiocarbonyl (C=S) groups is 1. The summed E-state index contributed by atoms with van der Waals surface area (Å²) in [5.41, 5.74) is 2.90. The molecule has 7 nitrogen and oxygen atoms in total. The van der Waals surface area contributed by atoms with Crippen molar-refractivity contribution >= 4 is 34.9 Å². The molecule has 1 aromatic rings. The lowest BCUT2D eigenvalue weighted by atomic mass is 9.95. The lowest BCUT2D eigenvalue weighted by Gasteiger charge is -2.37. The minimum Gasteiger partial charge on any atom is -0.460 e. The van der Waals surface area contributed by atoms with Crippen LogP contribution in [0.5, 0.6) is 0 Å². The summed E-state index contributed by atoms with van der Waals surface area (Å²) in [6, 6.07) is 7.04. The molecule has 8 heteroatoms. The van der Waals surface area contributed by atoms with Gasteiger partial charge in [0.1, 0.15) is 6.61 Å². The molecule has 1 aliphatic carbocycles. The number of allylic oxidation sites excluding steroid dienone is 1. The topological polar surface area (TPSA) is 79.9 Å². The number of carbonyl (C=O) groups excluding carboxylic acids is 2. The van der Waals surface area contributed by atoms with E-state index < -0.39 is 12.0 Å². The van der Waals surface area contributed by atoms with Crippen molar-refractivity contribution in [1.82, 2.24) is 10.2 Å². The zero-order valence-corrected chi connectivity index (χ0v) is 17.8. The van der Waals surface area contributed by atoms with Gasteiger partial charge in [-0.15, -0.1) is 0 Å². The Bertz CT molecular complexity index is 818. The van der Waals surface area contributed by atoms with Gasteiger partial charge in [-0.2, -0.15) is 0 Å². The number of rotatable bonds is 8. The summed E-state index contributed by atoms with van der Waals surface area (Å²) in [7, 11) is 1.56. The summed E-state index contributed by atoms with van der Waals surface area (Å²) in [5, 5.41) is 6.74. The van der Waals surface area contributed by atoms with Gasteiger partial charge < -0.3 is 25.0 Å². The predicted molar refractivity (Wildman–Crippen MR) is 114 cm³/mol. The Morgan fingerprint density at radius 1 is 1.24 bits per heavy atom. The fourth-order valence-corrected chi connectivity index (χ4v) is 3.70. The zero-order valence-electron chi connectivity index (χ0n) is 17.0. The summed E-state index contributed by atoms with van der Waals surface area (Å²) in [4.78, 5) is 26.7. The van der Waals surface area contributed by atoms with Gasteiger partial charge in [0.05, 0.1) is 18.2 Å². The summed E-state index contributed by atoms with van der Waals surface area (Å²) in [6.07, 6.45) is 1.92.